The van der Waals surface area contributed by atoms with E-state index in [0.717, 1.165) is 0 Å². The molecular formula is C20H35N9O6. The van der Waals surface area contributed by atoms with Gasteiger partial charge < -0.3 is 48.3 Å². The number of H-pyrrole nitrogens is 1. The average Bonchev–Trinajstić information content (AvgIpc) is 3.30. The minimum absolute atomic E-state index is 0.0454. The number of imidazole rings is 1. The third-order valence-electron chi connectivity index (χ3n) is 4.96. The molecule has 1 aromatic heterocycles. The van der Waals surface area contributed by atoms with E-state index in [9.17, 15) is 29.4 Å². The molecule has 15 nitrogen and oxygen atoms in total. The van der Waals surface area contributed by atoms with Crippen molar-refractivity contribution < 1.29 is 29.4 Å². The molecule has 0 aliphatic rings. The molecule has 0 saturated carbocycles. The van der Waals surface area contributed by atoms with E-state index in [-0.39, 0.29) is 25.3 Å². The lowest BCUT2D eigenvalue weighted by atomic mass is 10.0. The van der Waals surface area contributed by atoms with Gasteiger partial charge in [-0.15, -0.1) is 0 Å². The topological polar surface area (TPSA) is 264 Å². The van der Waals surface area contributed by atoms with Crippen LogP contribution in [0.15, 0.2) is 17.5 Å². The van der Waals surface area contributed by atoms with E-state index in [0.29, 0.717) is 12.1 Å². The number of guanidine groups is 1. The van der Waals surface area contributed by atoms with Gasteiger partial charge in [0, 0.05) is 24.9 Å². The summed E-state index contributed by atoms with van der Waals surface area (Å²) in [6.07, 6.45) is 3.42. The molecule has 0 aromatic carbocycles. The van der Waals surface area contributed by atoms with Crippen molar-refractivity contribution >= 4 is 29.7 Å². The molecule has 0 aliphatic carbocycles. The molecule has 3 amide bonds. The highest BCUT2D eigenvalue weighted by Crippen LogP contribution is 2.06. The van der Waals surface area contributed by atoms with Crippen molar-refractivity contribution in [1.29, 1.82) is 0 Å². The van der Waals surface area contributed by atoms with Gasteiger partial charge in [0.05, 0.1) is 19.0 Å². The predicted molar refractivity (Wildman–Crippen MR) is 126 cm³/mol. The van der Waals surface area contributed by atoms with Crippen LogP contribution in [0.2, 0.25) is 0 Å². The SMILES string of the molecule is CC(C)C(NC(=O)C(CO)NC(=O)C(N)CCCN=C(N)N)C(=O)NC(Cc1cnc[nH]1)C(=O)O. The van der Waals surface area contributed by atoms with Crippen LogP contribution in [-0.4, -0.2) is 87.2 Å². The first-order chi connectivity index (χ1) is 16.5. The number of aromatic nitrogens is 2. The maximum absolute atomic E-state index is 12.8. The van der Waals surface area contributed by atoms with Crippen LogP contribution in [0.1, 0.15) is 32.4 Å². The summed E-state index contributed by atoms with van der Waals surface area (Å²) in [4.78, 5) is 59.7. The number of aromatic amines is 1. The molecule has 0 radical (unpaired) electrons. The maximum atomic E-state index is 12.8. The highest BCUT2D eigenvalue weighted by atomic mass is 16.4. The number of carboxylic acid groups (broad SMARTS) is 1. The van der Waals surface area contributed by atoms with Crippen LogP contribution in [0.3, 0.4) is 0 Å². The predicted octanol–water partition coefficient (Wildman–Crippen LogP) is -3.48. The Morgan fingerprint density at radius 2 is 1.74 bits per heavy atom. The number of carbonyl (C=O) groups is 4. The number of amides is 3. The molecule has 4 unspecified atom stereocenters. The molecule has 1 aromatic rings. The minimum Gasteiger partial charge on any atom is -0.480 e. The molecule has 12 N–H and O–H groups in total. The van der Waals surface area contributed by atoms with Crippen molar-refractivity contribution in [2.24, 2.45) is 28.1 Å². The number of aliphatic hydroxyl groups is 1. The van der Waals surface area contributed by atoms with Gasteiger partial charge in [0.1, 0.15) is 18.1 Å². The highest BCUT2D eigenvalue weighted by molar-refractivity contribution is 5.94. The van der Waals surface area contributed by atoms with E-state index < -0.39 is 60.4 Å². The van der Waals surface area contributed by atoms with Gasteiger partial charge in [-0.05, 0) is 18.8 Å². The van der Waals surface area contributed by atoms with Crippen molar-refractivity contribution in [3.8, 4) is 0 Å². The van der Waals surface area contributed by atoms with Crippen LogP contribution in [0.5, 0.6) is 0 Å². The second-order valence-electron chi connectivity index (χ2n) is 8.21. The summed E-state index contributed by atoms with van der Waals surface area (Å²) in [6, 6.07) is -4.76. The Bertz CT molecular complexity index is 870. The molecule has 0 fully saturated rings. The average molecular weight is 498 g/mol. The van der Waals surface area contributed by atoms with E-state index in [2.05, 4.69) is 30.9 Å². The zero-order chi connectivity index (χ0) is 26.5. The summed E-state index contributed by atoms with van der Waals surface area (Å²) >= 11 is 0. The van der Waals surface area contributed by atoms with Gasteiger partial charge in [0.15, 0.2) is 5.96 Å². The maximum Gasteiger partial charge on any atom is 0.326 e. The summed E-state index contributed by atoms with van der Waals surface area (Å²) in [5, 5.41) is 26.3. The molecule has 15 heteroatoms. The van der Waals surface area contributed by atoms with Crippen LogP contribution in [0, 0.1) is 5.92 Å². The van der Waals surface area contributed by atoms with E-state index in [1.165, 1.54) is 12.5 Å². The number of nitrogens with two attached hydrogens (primary N) is 3. The Labute approximate surface area is 202 Å². The lowest BCUT2D eigenvalue weighted by Crippen LogP contribution is -2.59. The minimum atomic E-state index is -1.37. The number of aliphatic hydroxyl groups excluding tert-OH is 1. The van der Waals surface area contributed by atoms with Crippen molar-refractivity contribution in [1.82, 2.24) is 25.9 Å². The van der Waals surface area contributed by atoms with Gasteiger partial charge in [-0.2, -0.15) is 0 Å². The van der Waals surface area contributed by atoms with E-state index in [1.807, 2.05) is 0 Å². The number of carboxylic acids is 1. The van der Waals surface area contributed by atoms with E-state index in [1.54, 1.807) is 13.8 Å². The zero-order valence-corrected chi connectivity index (χ0v) is 19.7. The molecule has 0 saturated heterocycles. The summed E-state index contributed by atoms with van der Waals surface area (Å²) in [7, 11) is 0. The Kier molecular flexibility index (Phi) is 12.2. The van der Waals surface area contributed by atoms with Gasteiger partial charge in [-0.1, -0.05) is 13.8 Å². The number of nitrogens with zero attached hydrogens (tertiary/aromatic N) is 2. The second-order valence-corrected chi connectivity index (χ2v) is 8.21. The number of hydrogen-bond acceptors (Lipinski definition) is 8. The largest absolute Gasteiger partial charge is 0.480 e. The van der Waals surface area contributed by atoms with Crippen molar-refractivity contribution in [2.45, 2.75) is 57.3 Å². The molecule has 0 aliphatic heterocycles. The first-order valence-corrected chi connectivity index (χ1v) is 11.0. The van der Waals surface area contributed by atoms with Crippen LogP contribution in [-0.2, 0) is 25.6 Å². The highest BCUT2D eigenvalue weighted by Gasteiger charge is 2.31. The molecular weight excluding hydrogens is 462 g/mol. The van der Waals surface area contributed by atoms with E-state index >= 15 is 0 Å². The molecule has 0 bridgehead atoms. The number of carbonyl (C=O) groups excluding carboxylic acids is 3. The summed E-state index contributed by atoms with van der Waals surface area (Å²) in [5.74, 6) is -4.04. The van der Waals surface area contributed by atoms with Gasteiger partial charge in [-0.25, -0.2) is 9.78 Å². The number of nitrogens with one attached hydrogen (secondary N) is 4. The Balaban J connectivity index is 2.74. The number of aliphatic carboxylic acids is 1. The standard InChI is InChI=1S/C20H35N9O6/c1-10(2)15(18(33)27-13(19(34)35)6-11-7-24-9-26-11)29-17(32)14(8-30)28-16(31)12(21)4-3-5-25-20(22)23/h7,9-10,12-15,30H,3-6,8,21H2,1-2H3,(H,24,26)(H,27,33)(H,28,31)(H,29,32)(H,34,35)(H4,22,23,25). The summed E-state index contributed by atoms with van der Waals surface area (Å²) < 4.78 is 0. The van der Waals surface area contributed by atoms with Crippen LogP contribution in [0.25, 0.3) is 0 Å². The number of hydrogen-bond donors (Lipinski definition) is 9. The van der Waals surface area contributed by atoms with Crippen molar-refractivity contribution in [3.63, 3.8) is 0 Å². The van der Waals surface area contributed by atoms with Crippen LogP contribution >= 0.6 is 0 Å². The quantitative estimate of drug-likeness (QED) is 0.0656. The Morgan fingerprint density at radius 3 is 2.26 bits per heavy atom. The lowest BCUT2D eigenvalue weighted by Gasteiger charge is -2.26. The first-order valence-electron chi connectivity index (χ1n) is 11.0. The van der Waals surface area contributed by atoms with Crippen LogP contribution < -0.4 is 33.2 Å². The smallest absolute Gasteiger partial charge is 0.326 e. The first kappa shape index (κ1) is 29.3. The summed E-state index contributed by atoms with van der Waals surface area (Å²) in [5.41, 5.74) is 16.8. The zero-order valence-electron chi connectivity index (χ0n) is 19.7. The molecule has 1 heterocycles. The van der Waals surface area contributed by atoms with Gasteiger partial charge in [0.2, 0.25) is 17.7 Å². The summed E-state index contributed by atoms with van der Waals surface area (Å²) in [6.45, 7) is 2.82. The third-order valence-corrected chi connectivity index (χ3v) is 4.96. The second kappa shape index (κ2) is 14.5. The Morgan fingerprint density at radius 1 is 1.09 bits per heavy atom. The third kappa shape index (κ3) is 10.4. The van der Waals surface area contributed by atoms with Crippen molar-refractivity contribution in [3.05, 3.63) is 18.2 Å². The molecule has 35 heavy (non-hydrogen) atoms. The normalized spacial score (nSPS) is 14.3. The van der Waals surface area contributed by atoms with Gasteiger partial charge in [-0.3, -0.25) is 19.4 Å². The van der Waals surface area contributed by atoms with Gasteiger partial charge >= 0.3 is 5.97 Å². The van der Waals surface area contributed by atoms with Crippen LogP contribution in [0.4, 0.5) is 0 Å². The fourth-order valence-corrected chi connectivity index (χ4v) is 2.99. The fraction of sp³-hybridized carbons (Fsp3) is 0.600. The monoisotopic (exact) mass is 497 g/mol. The Hall–Kier alpha value is -3.72. The number of aliphatic imine (C=N–C) groups is 1. The van der Waals surface area contributed by atoms with E-state index in [4.69, 9.17) is 17.2 Å². The lowest BCUT2D eigenvalue weighted by molar-refractivity contribution is -0.142. The molecule has 4 atom stereocenters. The van der Waals surface area contributed by atoms with Gasteiger partial charge in [0.25, 0.3) is 0 Å². The number of rotatable bonds is 15. The molecule has 0 spiro atoms. The molecule has 1 rings (SSSR count). The van der Waals surface area contributed by atoms with Crippen molar-refractivity contribution in [2.75, 3.05) is 13.2 Å². The molecule has 196 valence electrons. The fourth-order valence-electron chi connectivity index (χ4n) is 2.99.